The van der Waals surface area contributed by atoms with Crippen molar-refractivity contribution in [2.75, 3.05) is 6.61 Å². The van der Waals surface area contributed by atoms with E-state index >= 15 is 0 Å². The van der Waals surface area contributed by atoms with Crippen LogP contribution in [0.5, 0.6) is 0 Å². The van der Waals surface area contributed by atoms with Gasteiger partial charge in [-0.3, -0.25) is 0 Å². The van der Waals surface area contributed by atoms with Crippen molar-refractivity contribution in [3.63, 3.8) is 0 Å². The molecule has 0 aliphatic heterocycles. The van der Waals surface area contributed by atoms with Crippen molar-refractivity contribution in [3.05, 3.63) is 28.2 Å². The van der Waals surface area contributed by atoms with Crippen molar-refractivity contribution in [2.45, 2.75) is 38.8 Å². The van der Waals surface area contributed by atoms with Gasteiger partial charge in [0.05, 0.1) is 16.7 Å². The first-order chi connectivity index (χ1) is 9.62. The Bertz CT molecular complexity index is 487. The Hall–Kier alpha value is -1.40. The van der Waals surface area contributed by atoms with E-state index in [1.165, 1.54) is 0 Å². The molecule has 1 aromatic rings. The summed E-state index contributed by atoms with van der Waals surface area (Å²) in [6.45, 7) is 4.12. The number of aromatic nitrogens is 1. The highest BCUT2D eigenvalue weighted by atomic mass is 32.1. The number of hydrogen-bond acceptors (Lipinski definition) is 4. The summed E-state index contributed by atoms with van der Waals surface area (Å²) in [4.78, 5) is 16.4. The molecule has 0 saturated heterocycles. The number of aliphatic hydroxyl groups is 1. The molecule has 2 amide bonds. The van der Waals surface area contributed by atoms with E-state index < -0.39 is 0 Å². The van der Waals surface area contributed by atoms with Crippen molar-refractivity contribution in [1.29, 1.82) is 0 Å². The summed E-state index contributed by atoms with van der Waals surface area (Å²) in [6, 6.07) is -0.302. The van der Waals surface area contributed by atoms with E-state index in [4.69, 9.17) is 5.11 Å². The van der Waals surface area contributed by atoms with Crippen LogP contribution in [0.15, 0.2) is 17.5 Å². The highest BCUT2D eigenvalue weighted by molar-refractivity contribution is 7.09. The zero-order chi connectivity index (χ0) is 14.5. The molecule has 1 aliphatic rings. The predicted octanol–water partition coefficient (Wildman–Crippen LogP) is 2.00. The van der Waals surface area contributed by atoms with Crippen molar-refractivity contribution in [1.82, 2.24) is 15.6 Å². The van der Waals surface area contributed by atoms with Crippen LogP contribution < -0.4 is 10.6 Å². The van der Waals surface area contributed by atoms with Gasteiger partial charge in [0.25, 0.3) is 0 Å². The van der Waals surface area contributed by atoms with Crippen LogP contribution in [0.4, 0.5) is 4.79 Å². The van der Waals surface area contributed by atoms with E-state index in [-0.39, 0.29) is 30.6 Å². The van der Waals surface area contributed by atoms with Crippen LogP contribution in [0.3, 0.4) is 0 Å². The molecule has 0 aromatic carbocycles. The van der Waals surface area contributed by atoms with Crippen LogP contribution in [0.1, 0.15) is 37.0 Å². The first kappa shape index (κ1) is 15.0. The molecule has 0 fully saturated rings. The highest BCUT2D eigenvalue weighted by Crippen LogP contribution is 2.18. The quantitative estimate of drug-likeness (QED) is 0.727. The predicted molar refractivity (Wildman–Crippen MR) is 79.7 cm³/mol. The van der Waals surface area contributed by atoms with Crippen molar-refractivity contribution >= 4 is 17.4 Å². The Morgan fingerprint density at radius 1 is 1.60 bits per heavy atom. The van der Waals surface area contributed by atoms with Crippen LogP contribution in [-0.4, -0.2) is 28.8 Å². The Morgan fingerprint density at radius 3 is 3.00 bits per heavy atom. The lowest BCUT2D eigenvalue weighted by Gasteiger charge is -2.16. The molecule has 0 spiro atoms. The summed E-state index contributed by atoms with van der Waals surface area (Å²) >= 11 is 1.62. The zero-order valence-electron chi connectivity index (χ0n) is 11.8. The number of rotatable bonds is 5. The first-order valence-electron chi connectivity index (χ1n) is 6.92. The van der Waals surface area contributed by atoms with Gasteiger partial charge in [-0.05, 0) is 19.8 Å². The van der Waals surface area contributed by atoms with Gasteiger partial charge in [0, 0.05) is 23.9 Å². The van der Waals surface area contributed by atoms with Gasteiger partial charge in [-0.2, -0.15) is 0 Å². The van der Waals surface area contributed by atoms with Gasteiger partial charge in [-0.1, -0.05) is 19.1 Å². The Labute approximate surface area is 123 Å². The second kappa shape index (κ2) is 6.85. The molecule has 20 heavy (non-hydrogen) atoms. The Kier molecular flexibility index (Phi) is 5.14. The van der Waals surface area contributed by atoms with Gasteiger partial charge >= 0.3 is 6.03 Å². The smallest absolute Gasteiger partial charge is 0.315 e. The summed E-state index contributed by atoms with van der Waals surface area (Å²) in [5.41, 5.74) is 0.900. The maximum absolute atomic E-state index is 11.9. The number of aliphatic hydroxyl groups excluding tert-OH is 1. The van der Waals surface area contributed by atoms with Crippen LogP contribution >= 0.6 is 11.3 Å². The zero-order valence-corrected chi connectivity index (χ0v) is 12.6. The monoisotopic (exact) mass is 295 g/mol. The van der Waals surface area contributed by atoms with Crippen LogP contribution in [0, 0.1) is 5.92 Å². The summed E-state index contributed by atoms with van der Waals surface area (Å²) in [5.74, 6) is 0.156. The van der Waals surface area contributed by atoms with E-state index in [1.54, 1.807) is 11.3 Å². The molecule has 1 unspecified atom stereocenters. The second-order valence-corrected chi connectivity index (χ2v) is 5.97. The lowest BCUT2D eigenvalue weighted by atomic mass is 10.1. The molecule has 110 valence electrons. The number of nitrogens with zero attached hydrogens (tertiary/aromatic N) is 1. The molecule has 2 rings (SSSR count). The fourth-order valence-corrected chi connectivity index (χ4v) is 3.02. The van der Waals surface area contributed by atoms with E-state index in [2.05, 4.69) is 22.5 Å². The second-order valence-electron chi connectivity index (χ2n) is 5.03. The minimum Gasteiger partial charge on any atom is -0.396 e. The fraction of sp³-hybridized carbons (Fsp3) is 0.571. The summed E-state index contributed by atoms with van der Waals surface area (Å²) in [7, 11) is 0. The third-order valence-electron chi connectivity index (χ3n) is 3.39. The lowest BCUT2D eigenvalue weighted by molar-refractivity contribution is 0.229. The normalized spacial score (nSPS) is 22.8. The molecular formula is C14H21N3O2S. The maximum atomic E-state index is 11.9. The minimum absolute atomic E-state index is 0.000914. The fourth-order valence-electron chi connectivity index (χ4n) is 2.18. The highest BCUT2D eigenvalue weighted by Gasteiger charge is 2.20. The number of thiazole rings is 1. The van der Waals surface area contributed by atoms with Crippen molar-refractivity contribution < 1.29 is 9.90 Å². The number of carbonyl (C=O) groups excluding carboxylic acids is 1. The summed E-state index contributed by atoms with van der Waals surface area (Å²) in [6.07, 6.45) is 5.56. The average Bonchev–Trinajstić information content (AvgIpc) is 3.06. The molecule has 0 bridgehead atoms. The lowest BCUT2D eigenvalue weighted by Crippen LogP contribution is -2.42. The average molecular weight is 295 g/mol. The Morgan fingerprint density at radius 2 is 2.40 bits per heavy atom. The van der Waals surface area contributed by atoms with E-state index in [9.17, 15) is 4.79 Å². The number of aryl methyl sites for hydroxylation is 1. The molecule has 3 N–H and O–H groups in total. The molecule has 0 radical (unpaired) electrons. The van der Waals surface area contributed by atoms with Gasteiger partial charge in [-0.25, -0.2) is 9.78 Å². The molecule has 1 aromatic heterocycles. The molecule has 0 saturated carbocycles. The molecule has 6 heteroatoms. The first-order valence-corrected chi connectivity index (χ1v) is 7.80. The maximum Gasteiger partial charge on any atom is 0.315 e. The Balaban J connectivity index is 1.81. The third kappa shape index (κ3) is 3.80. The molecule has 5 nitrogen and oxygen atoms in total. The summed E-state index contributed by atoms with van der Waals surface area (Å²) < 4.78 is 0. The topological polar surface area (TPSA) is 74.2 Å². The van der Waals surface area contributed by atoms with Gasteiger partial charge in [0.2, 0.25) is 0 Å². The van der Waals surface area contributed by atoms with E-state index in [1.807, 2.05) is 24.5 Å². The SMILES string of the molecule is CCc1nc(C(C)NC(=O)N[C@@H]2C=C[C@H](CO)C2)cs1. The van der Waals surface area contributed by atoms with Gasteiger partial charge in [0.15, 0.2) is 0 Å². The van der Waals surface area contributed by atoms with Crippen LogP contribution in [-0.2, 0) is 6.42 Å². The summed E-state index contributed by atoms with van der Waals surface area (Å²) in [5, 5.41) is 17.9. The number of carbonyl (C=O) groups is 1. The standard InChI is InChI=1S/C14H21N3O2S/c1-3-13-17-12(8-20-13)9(2)15-14(19)16-11-5-4-10(6-11)7-18/h4-5,8-11,18H,3,6-7H2,1-2H3,(H2,15,16,19)/t9?,10-,11+/m0/s1. The van der Waals surface area contributed by atoms with Crippen molar-refractivity contribution in [3.8, 4) is 0 Å². The molecule has 1 heterocycles. The number of nitrogens with one attached hydrogen (secondary N) is 2. The van der Waals surface area contributed by atoms with Gasteiger partial charge < -0.3 is 15.7 Å². The largest absolute Gasteiger partial charge is 0.396 e. The minimum atomic E-state index is -0.197. The number of amides is 2. The molecule has 1 aliphatic carbocycles. The van der Waals surface area contributed by atoms with Crippen LogP contribution in [0.25, 0.3) is 0 Å². The number of urea groups is 1. The van der Waals surface area contributed by atoms with E-state index in [0.717, 1.165) is 23.5 Å². The molecular weight excluding hydrogens is 274 g/mol. The molecule has 3 atom stereocenters. The van der Waals surface area contributed by atoms with E-state index in [0.29, 0.717) is 0 Å². The number of hydrogen-bond donors (Lipinski definition) is 3. The van der Waals surface area contributed by atoms with Crippen LogP contribution in [0.2, 0.25) is 0 Å². The van der Waals surface area contributed by atoms with Crippen molar-refractivity contribution in [2.24, 2.45) is 5.92 Å². The van der Waals surface area contributed by atoms with Gasteiger partial charge in [0.1, 0.15) is 0 Å². The third-order valence-corrected chi connectivity index (χ3v) is 4.40. The van der Waals surface area contributed by atoms with Gasteiger partial charge in [-0.15, -0.1) is 11.3 Å².